The first-order valence-electron chi connectivity index (χ1n) is 8.41. The van der Waals surface area contributed by atoms with Gasteiger partial charge in [0.2, 0.25) is 16.0 Å². The van der Waals surface area contributed by atoms with Crippen LogP contribution in [0.3, 0.4) is 0 Å². The smallest absolute Gasteiger partial charge is 0.238 e. The van der Waals surface area contributed by atoms with Crippen LogP contribution in [0.2, 0.25) is 0 Å². The number of hydrogen-bond donors (Lipinski definition) is 3. The molecular weight excluding hydrogens is 338 g/mol. The Labute approximate surface area is 149 Å². The normalized spacial score (nSPS) is 11.3. The van der Waals surface area contributed by atoms with Gasteiger partial charge in [-0.2, -0.15) is 4.98 Å². The van der Waals surface area contributed by atoms with Gasteiger partial charge in [-0.25, -0.2) is 18.5 Å². The number of sulfonamides is 1. The zero-order valence-electron chi connectivity index (χ0n) is 14.4. The largest absolute Gasteiger partial charge is 0.370 e. The molecule has 0 aliphatic heterocycles. The van der Waals surface area contributed by atoms with Crippen LogP contribution in [0.4, 0.5) is 11.8 Å². The Bertz CT molecular complexity index is 763. The lowest BCUT2D eigenvalue weighted by Gasteiger charge is -2.08. The Balaban J connectivity index is 1.81. The summed E-state index contributed by atoms with van der Waals surface area (Å²) in [6.45, 7) is 3.72. The van der Waals surface area contributed by atoms with Gasteiger partial charge >= 0.3 is 0 Å². The van der Waals surface area contributed by atoms with Gasteiger partial charge in [0.25, 0.3) is 0 Å². The van der Waals surface area contributed by atoms with Crippen LogP contribution in [0.25, 0.3) is 0 Å². The molecule has 25 heavy (non-hydrogen) atoms. The molecule has 0 saturated heterocycles. The van der Waals surface area contributed by atoms with Gasteiger partial charge in [0.1, 0.15) is 5.82 Å². The van der Waals surface area contributed by atoms with Crippen LogP contribution >= 0.6 is 0 Å². The van der Waals surface area contributed by atoms with E-state index in [0.717, 1.165) is 30.8 Å². The number of benzene rings is 1. The second kappa shape index (κ2) is 9.33. The fraction of sp³-hybridized carbons (Fsp3) is 0.412. The summed E-state index contributed by atoms with van der Waals surface area (Å²) in [5, 5.41) is 11.6. The topological polar surface area (TPSA) is 110 Å². The number of aromatic nitrogens is 2. The van der Waals surface area contributed by atoms with E-state index in [1.807, 2.05) is 6.07 Å². The van der Waals surface area contributed by atoms with E-state index in [0.29, 0.717) is 12.5 Å². The van der Waals surface area contributed by atoms with Crippen molar-refractivity contribution in [3.05, 3.63) is 42.1 Å². The van der Waals surface area contributed by atoms with Crippen molar-refractivity contribution in [2.75, 3.05) is 23.7 Å². The van der Waals surface area contributed by atoms with Crippen molar-refractivity contribution in [3.8, 4) is 0 Å². The minimum Gasteiger partial charge on any atom is -0.370 e. The third-order valence-corrected chi connectivity index (χ3v) is 4.62. The zero-order chi connectivity index (χ0) is 18.1. The number of anilines is 2. The number of nitrogens with two attached hydrogens (primary N) is 1. The highest BCUT2D eigenvalue weighted by molar-refractivity contribution is 7.89. The summed E-state index contributed by atoms with van der Waals surface area (Å²) >= 11 is 0. The fourth-order valence-electron chi connectivity index (χ4n) is 2.30. The van der Waals surface area contributed by atoms with Crippen molar-refractivity contribution in [1.29, 1.82) is 0 Å². The summed E-state index contributed by atoms with van der Waals surface area (Å²) in [5.41, 5.74) is 1.02. The molecular formula is C17H25N5O2S. The van der Waals surface area contributed by atoms with Crippen molar-refractivity contribution in [2.45, 2.75) is 37.5 Å². The third-order valence-electron chi connectivity index (χ3n) is 3.69. The van der Waals surface area contributed by atoms with Gasteiger partial charge in [0.15, 0.2) is 0 Å². The summed E-state index contributed by atoms with van der Waals surface area (Å²) < 4.78 is 22.5. The molecule has 0 saturated carbocycles. The maximum absolute atomic E-state index is 11.2. The molecule has 2 rings (SSSR count). The predicted octanol–water partition coefficient (Wildman–Crippen LogP) is 2.38. The first kappa shape index (κ1) is 19.1. The molecule has 136 valence electrons. The summed E-state index contributed by atoms with van der Waals surface area (Å²) in [5.74, 6) is 1.38. The lowest BCUT2D eigenvalue weighted by molar-refractivity contribution is 0.598. The minimum absolute atomic E-state index is 0.124. The van der Waals surface area contributed by atoms with Crippen LogP contribution in [0, 0.1) is 0 Å². The Kier molecular flexibility index (Phi) is 7.15. The second-order valence-electron chi connectivity index (χ2n) is 5.77. The molecule has 2 aromatic rings. The lowest BCUT2D eigenvalue weighted by atomic mass is 10.1. The molecule has 0 atom stereocenters. The highest BCUT2D eigenvalue weighted by Crippen LogP contribution is 2.10. The van der Waals surface area contributed by atoms with Crippen LogP contribution in [-0.2, 0) is 16.4 Å². The number of nitrogens with zero attached hydrogens (tertiary/aromatic N) is 2. The maximum atomic E-state index is 11.2. The van der Waals surface area contributed by atoms with Crippen molar-refractivity contribution >= 4 is 21.8 Å². The molecule has 0 radical (unpaired) electrons. The Morgan fingerprint density at radius 3 is 2.48 bits per heavy atom. The number of hydrogen-bond acceptors (Lipinski definition) is 6. The maximum Gasteiger partial charge on any atom is 0.238 e. The second-order valence-corrected chi connectivity index (χ2v) is 7.33. The molecule has 0 fully saturated rings. The van der Waals surface area contributed by atoms with Gasteiger partial charge in [0.05, 0.1) is 4.90 Å². The van der Waals surface area contributed by atoms with Crippen LogP contribution in [0.1, 0.15) is 31.7 Å². The Morgan fingerprint density at radius 1 is 1.04 bits per heavy atom. The Morgan fingerprint density at radius 2 is 1.80 bits per heavy atom. The molecule has 1 aromatic carbocycles. The van der Waals surface area contributed by atoms with E-state index in [2.05, 4.69) is 27.5 Å². The van der Waals surface area contributed by atoms with Gasteiger partial charge in [0, 0.05) is 19.3 Å². The highest BCUT2D eigenvalue weighted by Gasteiger charge is 2.06. The quantitative estimate of drug-likeness (QED) is 0.559. The molecule has 1 aromatic heterocycles. The van der Waals surface area contributed by atoms with E-state index in [1.165, 1.54) is 25.0 Å². The SMILES string of the molecule is CCCCCNc1nccc(NCCc2ccc(S(N)(=O)=O)cc2)n1. The molecule has 0 amide bonds. The van der Waals surface area contributed by atoms with Crippen LogP contribution in [0.5, 0.6) is 0 Å². The number of nitrogens with one attached hydrogen (secondary N) is 2. The molecule has 0 aliphatic carbocycles. The monoisotopic (exact) mass is 363 g/mol. The summed E-state index contributed by atoms with van der Waals surface area (Å²) in [6, 6.07) is 8.40. The standard InChI is InChI=1S/C17H25N5O2S/c1-2-3-4-11-20-17-21-13-10-16(22-17)19-12-9-14-5-7-15(8-6-14)25(18,23)24/h5-8,10,13H,2-4,9,11-12H2,1H3,(H2,18,23,24)(H2,19,20,21,22). The van der Waals surface area contributed by atoms with E-state index in [9.17, 15) is 8.42 Å². The van der Waals surface area contributed by atoms with Gasteiger partial charge < -0.3 is 10.6 Å². The average Bonchev–Trinajstić information content (AvgIpc) is 2.59. The molecule has 4 N–H and O–H groups in total. The summed E-state index contributed by atoms with van der Waals surface area (Å²) in [4.78, 5) is 8.75. The lowest BCUT2D eigenvalue weighted by Crippen LogP contribution is -2.12. The summed E-state index contributed by atoms with van der Waals surface area (Å²) in [7, 11) is -3.64. The molecule has 0 spiro atoms. The van der Waals surface area contributed by atoms with Crippen molar-refractivity contribution in [2.24, 2.45) is 5.14 Å². The predicted molar refractivity (Wildman–Crippen MR) is 100 cm³/mol. The number of rotatable bonds is 10. The number of unbranched alkanes of at least 4 members (excludes halogenated alkanes) is 2. The van der Waals surface area contributed by atoms with Crippen molar-refractivity contribution < 1.29 is 8.42 Å². The molecule has 8 heteroatoms. The van der Waals surface area contributed by atoms with Gasteiger partial charge in [-0.15, -0.1) is 0 Å². The van der Waals surface area contributed by atoms with E-state index >= 15 is 0 Å². The zero-order valence-corrected chi connectivity index (χ0v) is 15.2. The molecule has 1 heterocycles. The molecule has 0 aliphatic rings. The number of primary sulfonamides is 1. The van der Waals surface area contributed by atoms with Gasteiger partial charge in [-0.05, 0) is 36.6 Å². The molecule has 0 bridgehead atoms. The third kappa shape index (κ3) is 6.67. The molecule has 0 unspecified atom stereocenters. The Hall–Kier alpha value is -2.19. The average molecular weight is 363 g/mol. The van der Waals surface area contributed by atoms with Gasteiger partial charge in [-0.3, -0.25) is 0 Å². The fourth-order valence-corrected chi connectivity index (χ4v) is 2.81. The minimum atomic E-state index is -3.64. The van der Waals surface area contributed by atoms with Gasteiger partial charge in [-0.1, -0.05) is 31.9 Å². The van der Waals surface area contributed by atoms with E-state index in [1.54, 1.807) is 18.3 Å². The van der Waals surface area contributed by atoms with Crippen LogP contribution in [0.15, 0.2) is 41.4 Å². The van der Waals surface area contributed by atoms with Crippen LogP contribution in [-0.4, -0.2) is 31.5 Å². The van der Waals surface area contributed by atoms with E-state index in [-0.39, 0.29) is 4.90 Å². The van der Waals surface area contributed by atoms with E-state index < -0.39 is 10.0 Å². The highest BCUT2D eigenvalue weighted by atomic mass is 32.2. The first-order valence-corrected chi connectivity index (χ1v) is 9.96. The van der Waals surface area contributed by atoms with Crippen molar-refractivity contribution in [3.63, 3.8) is 0 Å². The first-order chi connectivity index (χ1) is 12.0. The molecule has 7 nitrogen and oxygen atoms in total. The van der Waals surface area contributed by atoms with E-state index in [4.69, 9.17) is 5.14 Å². The van der Waals surface area contributed by atoms with Crippen molar-refractivity contribution in [1.82, 2.24) is 9.97 Å². The van der Waals surface area contributed by atoms with Crippen LogP contribution < -0.4 is 15.8 Å². The summed E-state index contributed by atoms with van der Waals surface area (Å²) in [6.07, 6.45) is 5.94.